The van der Waals surface area contributed by atoms with Crippen LogP contribution in [-0.4, -0.2) is 40.5 Å². The second kappa shape index (κ2) is 3.65. The van der Waals surface area contributed by atoms with Gasteiger partial charge in [0.25, 0.3) is 0 Å². The van der Waals surface area contributed by atoms with E-state index in [0.29, 0.717) is 0 Å². The fourth-order valence-electron chi connectivity index (χ4n) is 3.34. The van der Waals surface area contributed by atoms with E-state index in [1.54, 1.807) is 27.7 Å². The van der Waals surface area contributed by atoms with Crippen LogP contribution < -0.4 is 0 Å². The van der Waals surface area contributed by atoms with Crippen molar-refractivity contribution in [3.63, 3.8) is 0 Å². The molecule has 4 saturated heterocycles. The maximum atomic E-state index is 12.6. The molecular weight excluding hydrogens is 280 g/mol. The quantitative estimate of drug-likeness (QED) is 0.674. The first-order valence-electron chi connectivity index (χ1n) is 6.91. The molecule has 4 aliphatic heterocycles. The first kappa shape index (κ1) is 14.9. The molecule has 0 aromatic carbocycles. The number of hydrogen-bond acceptors (Lipinski definition) is 7. The van der Waals surface area contributed by atoms with Crippen LogP contribution in [-0.2, 0) is 33.3 Å². The average Bonchev–Trinajstić information content (AvgIpc) is 2.54. The molecule has 3 atom stereocenters. The largest absolute Gasteiger partial charge is 0.453 e. The van der Waals surface area contributed by atoms with Gasteiger partial charge in [-0.25, -0.2) is 0 Å². The molecule has 0 saturated carbocycles. The highest BCUT2D eigenvalue weighted by Crippen LogP contribution is 2.60. The fraction of sp³-hybridized carbons (Fsp3) is 0.857. The van der Waals surface area contributed by atoms with Gasteiger partial charge >= 0.3 is 5.97 Å². The van der Waals surface area contributed by atoms with Gasteiger partial charge in [-0.3, -0.25) is 9.59 Å². The molecule has 0 aromatic heterocycles. The molecule has 7 heteroatoms. The number of rotatable bonds is 1. The number of esters is 1. The van der Waals surface area contributed by atoms with E-state index in [9.17, 15) is 9.59 Å². The highest BCUT2D eigenvalue weighted by Gasteiger charge is 2.78. The van der Waals surface area contributed by atoms with Crippen LogP contribution in [0.15, 0.2) is 0 Å². The molecule has 4 rings (SSSR count). The van der Waals surface area contributed by atoms with E-state index in [4.69, 9.17) is 23.7 Å². The van der Waals surface area contributed by atoms with Crippen molar-refractivity contribution in [2.45, 2.75) is 76.7 Å². The van der Waals surface area contributed by atoms with Crippen LogP contribution in [0.25, 0.3) is 0 Å². The number of Topliss-reactive ketones (excluding diaryl/α,β-unsaturated/α-hetero) is 1. The molecule has 4 fully saturated rings. The Morgan fingerprint density at radius 2 is 1.43 bits per heavy atom. The van der Waals surface area contributed by atoms with E-state index in [2.05, 4.69) is 0 Å². The summed E-state index contributed by atoms with van der Waals surface area (Å²) in [4.78, 5) is 24.0. The van der Waals surface area contributed by atoms with Crippen molar-refractivity contribution in [1.29, 1.82) is 0 Å². The zero-order valence-corrected chi connectivity index (χ0v) is 13.1. The zero-order valence-electron chi connectivity index (χ0n) is 13.1. The van der Waals surface area contributed by atoms with Gasteiger partial charge in [0.2, 0.25) is 23.1 Å². The molecule has 0 aliphatic carbocycles. The van der Waals surface area contributed by atoms with E-state index in [1.165, 1.54) is 13.8 Å². The highest BCUT2D eigenvalue weighted by molar-refractivity contribution is 5.87. The van der Waals surface area contributed by atoms with E-state index in [-0.39, 0.29) is 12.2 Å². The summed E-state index contributed by atoms with van der Waals surface area (Å²) in [6.07, 6.45) is -0.133. The van der Waals surface area contributed by atoms with Crippen molar-refractivity contribution < 1.29 is 33.3 Å². The maximum Gasteiger partial charge on any atom is 0.303 e. The van der Waals surface area contributed by atoms with E-state index < -0.39 is 34.7 Å². The van der Waals surface area contributed by atoms with E-state index >= 15 is 0 Å². The fourth-order valence-corrected chi connectivity index (χ4v) is 3.34. The number of carbonyl (C=O) groups excluding carboxylic acids is 2. The van der Waals surface area contributed by atoms with Crippen molar-refractivity contribution in [2.75, 3.05) is 0 Å². The standard InChI is InChI=1S/C14H20O7/c1-8(15)17-10(2)7-9(16)11(3)18-13(5)14(6,19-11)21-12(10,4)20-13/h7H2,1-6H3. The summed E-state index contributed by atoms with van der Waals surface area (Å²) in [5, 5.41) is 0. The smallest absolute Gasteiger partial charge is 0.303 e. The van der Waals surface area contributed by atoms with Gasteiger partial charge in [-0.2, -0.15) is 0 Å². The first-order chi connectivity index (χ1) is 9.37. The second-order valence-electron chi connectivity index (χ2n) is 6.62. The Bertz CT molecular complexity index is 523. The number of carbonyl (C=O) groups is 2. The van der Waals surface area contributed by atoms with Crippen LogP contribution in [0.5, 0.6) is 0 Å². The average molecular weight is 300 g/mol. The Hall–Kier alpha value is -1.02. The van der Waals surface area contributed by atoms with Gasteiger partial charge in [-0.15, -0.1) is 0 Å². The summed E-state index contributed by atoms with van der Waals surface area (Å²) in [7, 11) is 0. The topological polar surface area (TPSA) is 80.3 Å². The van der Waals surface area contributed by atoms with Gasteiger partial charge in [-0.05, 0) is 34.6 Å². The molecule has 3 unspecified atom stereocenters. The van der Waals surface area contributed by atoms with Crippen LogP contribution in [0.2, 0.25) is 0 Å². The van der Waals surface area contributed by atoms with Crippen LogP contribution in [0.1, 0.15) is 48.0 Å². The molecule has 4 heterocycles. The molecule has 21 heavy (non-hydrogen) atoms. The third kappa shape index (κ3) is 1.69. The molecule has 118 valence electrons. The molecule has 7 nitrogen and oxygen atoms in total. The summed E-state index contributed by atoms with van der Waals surface area (Å²) >= 11 is 0. The van der Waals surface area contributed by atoms with Crippen molar-refractivity contribution in [3.05, 3.63) is 0 Å². The minimum absolute atomic E-state index is 0.133. The van der Waals surface area contributed by atoms with Gasteiger partial charge in [-0.1, -0.05) is 0 Å². The van der Waals surface area contributed by atoms with Crippen molar-refractivity contribution >= 4 is 11.8 Å². The first-order valence-corrected chi connectivity index (χ1v) is 6.91. The van der Waals surface area contributed by atoms with E-state index in [1.807, 2.05) is 0 Å². The summed E-state index contributed by atoms with van der Waals surface area (Å²) in [6, 6.07) is 0. The van der Waals surface area contributed by atoms with E-state index in [0.717, 1.165) is 0 Å². The number of hydrogen-bond donors (Lipinski definition) is 0. The summed E-state index contributed by atoms with van der Waals surface area (Å²) in [5.74, 6) is -6.23. The number of fused-ring (bicyclic) bond motifs is 2. The SMILES string of the molecule is CC(=O)OC1(C)CC(=O)C2(C)OC3(C)OC1(C)OC3(C)O2. The molecule has 4 bridgehead atoms. The normalized spacial score (nSPS) is 55.4. The number of ether oxygens (including phenoxy) is 5. The maximum absolute atomic E-state index is 12.6. The minimum atomic E-state index is -1.49. The minimum Gasteiger partial charge on any atom is -0.453 e. The van der Waals surface area contributed by atoms with Crippen molar-refractivity contribution in [1.82, 2.24) is 0 Å². The van der Waals surface area contributed by atoms with Crippen molar-refractivity contribution in [3.8, 4) is 0 Å². The van der Waals surface area contributed by atoms with Gasteiger partial charge in [0.1, 0.15) is 0 Å². The lowest BCUT2D eigenvalue weighted by Gasteiger charge is -2.45. The third-order valence-corrected chi connectivity index (χ3v) is 4.72. The summed E-state index contributed by atoms with van der Waals surface area (Å²) in [6.45, 7) is 9.34. The Balaban J connectivity index is 2.14. The molecule has 0 spiro atoms. The number of ketones is 1. The Morgan fingerprint density at radius 3 is 1.86 bits per heavy atom. The molecule has 4 aliphatic rings. The zero-order chi connectivity index (χ0) is 15.9. The van der Waals surface area contributed by atoms with Crippen LogP contribution in [0.4, 0.5) is 0 Å². The van der Waals surface area contributed by atoms with Gasteiger partial charge in [0, 0.05) is 6.92 Å². The lowest BCUT2D eigenvalue weighted by molar-refractivity contribution is -0.365. The Labute approximate surface area is 122 Å². The highest BCUT2D eigenvalue weighted by atomic mass is 17.0. The molecule has 0 N–H and O–H groups in total. The summed E-state index contributed by atoms with van der Waals surface area (Å²) in [5.41, 5.74) is -1.27. The predicted octanol–water partition coefficient (Wildman–Crippen LogP) is 1.24. The monoisotopic (exact) mass is 300 g/mol. The molecule has 0 amide bonds. The molecule has 0 aromatic rings. The third-order valence-electron chi connectivity index (χ3n) is 4.72. The van der Waals surface area contributed by atoms with Crippen LogP contribution >= 0.6 is 0 Å². The lowest BCUT2D eigenvalue weighted by atomic mass is 9.87. The van der Waals surface area contributed by atoms with Gasteiger partial charge < -0.3 is 23.7 Å². The summed E-state index contributed by atoms with van der Waals surface area (Å²) < 4.78 is 28.8. The van der Waals surface area contributed by atoms with Gasteiger partial charge in [0.15, 0.2) is 11.4 Å². The predicted molar refractivity (Wildman–Crippen MR) is 67.8 cm³/mol. The molecular formula is C14H20O7. The lowest BCUT2D eigenvalue weighted by Crippen LogP contribution is -2.61. The van der Waals surface area contributed by atoms with Crippen LogP contribution in [0.3, 0.4) is 0 Å². The second-order valence-corrected chi connectivity index (χ2v) is 6.62. The molecule has 0 radical (unpaired) electrons. The van der Waals surface area contributed by atoms with Crippen LogP contribution in [0, 0.1) is 0 Å². The van der Waals surface area contributed by atoms with Crippen molar-refractivity contribution in [2.24, 2.45) is 0 Å². The Kier molecular flexibility index (Phi) is 2.59. The van der Waals surface area contributed by atoms with Gasteiger partial charge in [0.05, 0.1) is 6.42 Å². The Morgan fingerprint density at radius 1 is 0.952 bits per heavy atom.